The van der Waals surface area contributed by atoms with Gasteiger partial charge in [0.1, 0.15) is 5.58 Å². The van der Waals surface area contributed by atoms with Gasteiger partial charge in [0.15, 0.2) is 23.1 Å². The molecule has 0 bridgehead atoms. The van der Waals surface area contributed by atoms with Crippen LogP contribution in [0.2, 0.25) is 0 Å². The Morgan fingerprint density at radius 2 is 0.859 bits per heavy atom. The average Bonchev–Trinajstić information content (AvgIpc) is 3.91. The second-order valence-corrected chi connectivity index (χ2v) is 16.3. The van der Waals surface area contributed by atoms with Crippen LogP contribution in [-0.2, 0) is 0 Å². The summed E-state index contributed by atoms with van der Waals surface area (Å²) in [4.78, 5) is 16.1. The number of para-hydroxylation sites is 2. The minimum absolute atomic E-state index is 0.574. The van der Waals surface area contributed by atoms with Gasteiger partial charge in [-0.2, -0.15) is 0 Å². The first kappa shape index (κ1) is 36.0. The first-order chi connectivity index (χ1) is 31.7. The van der Waals surface area contributed by atoms with Gasteiger partial charge in [0, 0.05) is 43.6 Å². The van der Waals surface area contributed by atoms with Crippen LogP contribution in [-0.4, -0.2) is 19.5 Å². The molecule has 13 aromatic rings. The van der Waals surface area contributed by atoms with Crippen molar-refractivity contribution in [3.8, 4) is 62.1 Å². The Morgan fingerprint density at radius 3 is 1.62 bits per heavy atom. The Balaban J connectivity index is 1.12. The van der Waals surface area contributed by atoms with Crippen molar-refractivity contribution in [3.05, 3.63) is 218 Å². The van der Waals surface area contributed by atoms with E-state index in [0.29, 0.717) is 17.5 Å². The minimum Gasteiger partial charge on any atom is -0.454 e. The molecule has 0 spiro atoms. The summed E-state index contributed by atoms with van der Waals surface area (Å²) >= 11 is 0. The number of furan rings is 1. The van der Waals surface area contributed by atoms with Crippen molar-refractivity contribution >= 4 is 65.3 Å². The van der Waals surface area contributed by atoms with Crippen LogP contribution in [0.3, 0.4) is 0 Å². The van der Waals surface area contributed by atoms with E-state index in [9.17, 15) is 0 Å². The summed E-state index contributed by atoms with van der Waals surface area (Å²) < 4.78 is 9.52. The number of aromatic nitrogens is 4. The van der Waals surface area contributed by atoms with Crippen molar-refractivity contribution in [2.45, 2.75) is 0 Å². The molecule has 0 N–H and O–H groups in total. The summed E-state index contributed by atoms with van der Waals surface area (Å²) in [6, 6.07) is 76.7. The van der Waals surface area contributed by atoms with Gasteiger partial charge in [0.25, 0.3) is 0 Å². The standard InChI is InChI=1S/C59H36N4O/c1-3-16-37(17-4-1)39-30-32-40(33-31-39)57-60-58(44-23-15-22-41(34-44)38-18-5-2-6-19-38)62-59(61-57)54-46-25-9-10-26-47(46)55(56-53(54)48-27-12-14-29-52(48)64-56)63-50-28-13-11-24-45(50)49-35-42-20-7-8-21-43(42)36-51(49)63/h1-36H. The average molecular weight is 817 g/mol. The monoisotopic (exact) mass is 816 g/mol. The number of hydrogen-bond acceptors (Lipinski definition) is 4. The topological polar surface area (TPSA) is 56.7 Å². The van der Waals surface area contributed by atoms with Gasteiger partial charge in [0.05, 0.1) is 16.7 Å². The fraction of sp³-hybridized carbons (Fsp3) is 0. The van der Waals surface area contributed by atoms with Crippen molar-refractivity contribution in [3.63, 3.8) is 0 Å². The van der Waals surface area contributed by atoms with Crippen molar-refractivity contribution in [2.24, 2.45) is 0 Å². The van der Waals surface area contributed by atoms with Crippen LogP contribution in [0.4, 0.5) is 0 Å². The largest absolute Gasteiger partial charge is 0.454 e. The van der Waals surface area contributed by atoms with Crippen LogP contribution < -0.4 is 0 Å². The van der Waals surface area contributed by atoms with Crippen molar-refractivity contribution in [2.75, 3.05) is 0 Å². The summed E-state index contributed by atoms with van der Waals surface area (Å²) in [5.41, 5.74) is 12.0. The van der Waals surface area contributed by atoms with Crippen molar-refractivity contribution < 1.29 is 4.42 Å². The van der Waals surface area contributed by atoms with Gasteiger partial charge < -0.3 is 8.98 Å². The van der Waals surface area contributed by atoms with E-state index >= 15 is 0 Å². The zero-order valence-electron chi connectivity index (χ0n) is 34.5. The van der Waals surface area contributed by atoms with Gasteiger partial charge in [-0.3, -0.25) is 0 Å². The minimum atomic E-state index is 0.574. The molecule has 0 radical (unpaired) electrons. The normalized spacial score (nSPS) is 11.8. The maximum atomic E-state index is 7.12. The molecule has 0 saturated carbocycles. The summed E-state index contributed by atoms with van der Waals surface area (Å²) in [5.74, 6) is 1.76. The van der Waals surface area contributed by atoms with Crippen LogP contribution in [0.5, 0.6) is 0 Å². The van der Waals surface area contributed by atoms with Gasteiger partial charge in [-0.05, 0) is 68.7 Å². The Kier molecular flexibility index (Phi) is 8.15. The predicted molar refractivity (Wildman–Crippen MR) is 264 cm³/mol. The second kappa shape index (κ2) is 14.5. The Labute approximate surface area is 368 Å². The van der Waals surface area contributed by atoms with E-state index in [2.05, 4.69) is 205 Å². The Hall–Kier alpha value is -8.67. The van der Waals surface area contributed by atoms with Crippen molar-refractivity contribution in [1.82, 2.24) is 19.5 Å². The number of hydrogen-bond donors (Lipinski definition) is 0. The summed E-state index contributed by atoms with van der Waals surface area (Å²) in [6.45, 7) is 0. The summed E-state index contributed by atoms with van der Waals surface area (Å²) in [6.07, 6.45) is 0. The summed E-state index contributed by atoms with van der Waals surface area (Å²) in [5, 5.41) is 8.75. The zero-order chi connectivity index (χ0) is 42.1. The molecule has 0 amide bonds. The van der Waals surface area contributed by atoms with E-state index in [4.69, 9.17) is 19.4 Å². The molecule has 298 valence electrons. The highest BCUT2D eigenvalue weighted by Crippen LogP contribution is 2.47. The molecule has 10 aromatic carbocycles. The Morgan fingerprint density at radius 1 is 0.328 bits per heavy atom. The van der Waals surface area contributed by atoms with Crippen LogP contribution in [0, 0.1) is 0 Å². The van der Waals surface area contributed by atoms with E-state index in [1.807, 2.05) is 18.2 Å². The highest BCUT2D eigenvalue weighted by atomic mass is 16.3. The van der Waals surface area contributed by atoms with E-state index < -0.39 is 0 Å². The molecule has 3 heterocycles. The van der Waals surface area contributed by atoms with Gasteiger partial charge in [-0.25, -0.2) is 15.0 Å². The molecule has 5 nitrogen and oxygen atoms in total. The van der Waals surface area contributed by atoms with Gasteiger partial charge >= 0.3 is 0 Å². The third-order valence-corrected chi connectivity index (χ3v) is 12.6. The quantitative estimate of drug-likeness (QED) is 0.168. The molecule has 64 heavy (non-hydrogen) atoms. The molecule has 5 heteroatoms. The van der Waals surface area contributed by atoms with E-state index in [-0.39, 0.29) is 0 Å². The number of nitrogens with zero attached hydrogens (tertiary/aromatic N) is 4. The van der Waals surface area contributed by atoms with Crippen LogP contribution in [0.1, 0.15) is 0 Å². The highest BCUT2D eigenvalue weighted by molar-refractivity contribution is 6.25. The number of rotatable bonds is 6. The van der Waals surface area contributed by atoms with Gasteiger partial charge in [0.2, 0.25) is 0 Å². The van der Waals surface area contributed by atoms with Crippen LogP contribution in [0.15, 0.2) is 223 Å². The molecular formula is C59H36N4O. The Bertz CT molecular complexity index is 3940. The van der Waals surface area contributed by atoms with Gasteiger partial charge in [-0.1, -0.05) is 188 Å². The van der Waals surface area contributed by atoms with E-state index in [1.165, 1.54) is 21.5 Å². The molecule has 0 aliphatic heterocycles. The van der Waals surface area contributed by atoms with Crippen LogP contribution >= 0.6 is 0 Å². The number of fused-ring (bicyclic) bond motifs is 8. The highest BCUT2D eigenvalue weighted by Gasteiger charge is 2.27. The lowest BCUT2D eigenvalue weighted by Crippen LogP contribution is -2.03. The molecule has 13 rings (SSSR count). The fourth-order valence-electron chi connectivity index (χ4n) is 9.63. The van der Waals surface area contributed by atoms with Crippen molar-refractivity contribution in [1.29, 1.82) is 0 Å². The lowest BCUT2D eigenvalue weighted by Gasteiger charge is -2.17. The van der Waals surface area contributed by atoms with Crippen LogP contribution in [0.25, 0.3) is 127 Å². The molecule has 0 atom stereocenters. The molecule has 0 aliphatic rings. The third kappa shape index (κ3) is 5.75. The molecular weight excluding hydrogens is 781 g/mol. The lowest BCUT2D eigenvalue weighted by atomic mass is 9.95. The molecule has 0 saturated heterocycles. The second-order valence-electron chi connectivity index (χ2n) is 16.3. The maximum Gasteiger partial charge on any atom is 0.165 e. The summed E-state index contributed by atoms with van der Waals surface area (Å²) in [7, 11) is 0. The first-order valence-electron chi connectivity index (χ1n) is 21.6. The maximum absolute atomic E-state index is 7.12. The molecule has 0 unspecified atom stereocenters. The van der Waals surface area contributed by atoms with E-state index in [0.717, 1.165) is 88.4 Å². The third-order valence-electron chi connectivity index (χ3n) is 12.6. The smallest absolute Gasteiger partial charge is 0.165 e. The predicted octanol–water partition coefficient (Wildman–Crippen LogP) is 15.5. The number of benzene rings is 10. The SMILES string of the molecule is c1ccc(-c2ccc(-c3nc(-c4cccc(-c5ccccc5)c4)nc(-c4c5ccccc5c(-n5c6ccccc6c6cc7ccccc7cc65)c5oc6ccccc6c45)n3)cc2)cc1. The van der Waals surface area contributed by atoms with E-state index in [1.54, 1.807) is 0 Å². The van der Waals surface area contributed by atoms with Gasteiger partial charge in [-0.15, -0.1) is 0 Å². The lowest BCUT2D eigenvalue weighted by molar-refractivity contribution is 0.667. The zero-order valence-corrected chi connectivity index (χ0v) is 34.5. The fourth-order valence-corrected chi connectivity index (χ4v) is 9.63. The first-order valence-corrected chi connectivity index (χ1v) is 21.6. The molecule has 0 fully saturated rings. The molecule has 0 aliphatic carbocycles. The molecule has 3 aromatic heterocycles.